The van der Waals surface area contributed by atoms with Crippen molar-refractivity contribution in [2.75, 3.05) is 18.5 Å². The van der Waals surface area contributed by atoms with Crippen LogP contribution in [-0.2, 0) is 7.05 Å². The van der Waals surface area contributed by atoms with Gasteiger partial charge >= 0.3 is 6.36 Å². The highest BCUT2D eigenvalue weighted by Gasteiger charge is 2.31. The fourth-order valence-electron chi connectivity index (χ4n) is 3.18. The molecule has 0 aliphatic carbocycles. The van der Waals surface area contributed by atoms with Gasteiger partial charge in [-0.05, 0) is 29.8 Å². The quantitative estimate of drug-likeness (QED) is 0.242. The first-order valence-corrected chi connectivity index (χ1v) is 10.5. The predicted octanol–water partition coefficient (Wildman–Crippen LogP) is 2.76. The number of rotatable bonds is 8. The molecule has 13 heteroatoms. The van der Waals surface area contributed by atoms with Crippen LogP contribution in [-0.4, -0.2) is 55.5 Å². The predicted molar refractivity (Wildman–Crippen MR) is 116 cm³/mol. The Labute approximate surface area is 189 Å². The minimum Gasteiger partial charge on any atom is -0.406 e. The Hall–Kier alpha value is -2.97. The highest BCUT2D eigenvalue weighted by atomic mass is 32.1. The number of aryl methyl sites for hydroxylation is 1. The number of benzene rings is 2. The third kappa shape index (κ3) is 5.34. The number of halogens is 3. The van der Waals surface area contributed by atoms with Crippen LogP contribution in [0.3, 0.4) is 0 Å². The monoisotopic (exact) mass is 483 g/mol. The Morgan fingerprint density at radius 2 is 1.91 bits per heavy atom. The van der Waals surface area contributed by atoms with Crippen molar-refractivity contribution in [1.82, 2.24) is 19.9 Å². The summed E-state index contributed by atoms with van der Waals surface area (Å²) in [7, 11) is 1.78. The van der Waals surface area contributed by atoms with Crippen LogP contribution in [0.25, 0.3) is 21.3 Å². The van der Waals surface area contributed by atoms with E-state index in [0.29, 0.717) is 32.4 Å². The molecule has 2 heterocycles. The second-order valence-corrected chi connectivity index (χ2v) is 8.24. The van der Waals surface area contributed by atoms with Gasteiger partial charge < -0.3 is 29.9 Å². The molecule has 2 aromatic heterocycles. The van der Waals surface area contributed by atoms with Gasteiger partial charge in [0.05, 0.1) is 34.0 Å². The van der Waals surface area contributed by atoms with Gasteiger partial charge in [-0.15, -0.1) is 13.2 Å². The molecule has 0 bridgehead atoms. The zero-order valence-electron chi connectivity index (χ0n) is 17.2. The van der Waals surface area contributed by atoms with E-state index in [9.17, 15) is 23.4 Å². The molecule has 0 aliphatic rings. The molecule has 1 unspecified atom stereocenters. The van der Waals surface area contributed by atoms with Gasteiger partial charge in [0.15, 0.2) is 5.13 Å². The van der Waals surface area contributed by atoms with Crippen molar-refractivity contribution in [3.63, 3.8) is 0 Å². The molecule has 0 aliphatic heterocycles. The van der Waals surface area contributed by atoms with Gasteiger partial charge in [-0.3, -0.25) is 5.32 Å². The molecule has 0 saturated heterocycles. The summed E-state index contributed by atoms with van der Waals surface area (Å²) in [5.74, 6) is 0.130. The van der Waals surface area contributed by atoms with Crippen LogP contribution in [0.5, 0.6) is 5.75 Å². The molecule has 33 heavy (non-hydrogen) atoms. The van der Waals surface area contributed by atoms with Crippen molar-refractivity contribution in [1.29, 1.82) is 0 Å². The first-order valence-electron chi connectivity index (χ1n) is 9.73. The maximum Gasteiger partial charge on any atom is 0.573 e. The smallest absolute Gasteiger partial charge is 0.406 e. The highest BCUT2D eigenvalue weighted by molar-refractivity contribution is 7.22. The molecule has 0 fully saturated rings. The molecule has 0 spiro atoms. The van der Waals surface area contributed by atoms with Crippen molar-refractivity contribution in [2.24, 2.45) is 7.05 Å². The van der Waals surface area contributed by atoms with E-state index in [2.05, 4.69) is 25.3 Å². The van der Waals surface area contributed by atoms with E-state index in [-0.39, 0.29) is 12.3 Å². The zero-order valence-corrected chi connectivity index (χ0v) is 18.0. The fourth-order valence-corrected chi connectivity index (χ4v) is 4.07. The third-order valence-electron chi connectivity index (χ3n) is 4.79. The maximum absolute atomic E-state index is 12.5. The average molecular weight is 483 g/mol. The molecule has 5 N–H and O–H groups in total. The van der Waals surface area contributed by atoms with Crippen molar-refractivity contribution in [3.8, 4) is 5.75 Å². The fraction of sp³-hybridized carbons (Fsp3) is 0.300. The van der Waals surface area contributed by atoms with Gasteiger partial charge in [0, 0.05) is 19.7 Å². The second-order valence-electron chi connectivity index (χ2n) is 7.21. The number of hydrogen-bond acceptors (Lipinski definition) is 9. The van der Waals surface area contributed by atoms with Crippen LogP contribution in [0, 0.1) is 0 Å². The lowest BCUT2D eigenvalue weighted by atomic mass is 10.1. The molecular formula is C20H20F3N5O4S. The number of imidazole rings is 1. The maximum atomic E-state index is 12.5. The van der Waals surface area contributed by atoms with E-state index in [1.54, 1.807) is 29.8 Å². The first kappa shape index (κ1) is 23.2. The molecule has 2 aromatic carbocycles. The average Bonchev–Trinajstić information content (AvgIpc) is 3.30. The van der Waals surface area contributed by atoms with Crippen LogP contribution in [0.2, 0.25) is 0 Å². The Morgan fingerprint density at radius 1 is 1.12 bits per heavy atom. The number of fused-ring (bicyclic) bond motifs is 2. The molecule has 4 rings (SSSR count). The van der Waals surface area contributed by atoms with Gasteiger partial charge in [0.2, 0.25) is 5.95 Å². The van der Waals surface area contributed by atoms with Crippen molar-refractivity contribution < 1.29 is 33.2 Å². The lowest BCUT2D eigenvalue weighted by Crippen LogP contribution is -2.32. The largest absolute Gasteiger partial charge is 0.573 e. The summed E-state index contributed by atoms with van der Waals surface area (Å²) in [5.41, 5.74) is 2.39. The molecule has 9 nitrogen and oxygen atoms in total. The summed E-state index contributed by atoms with van der Waals surface area (Å²) in [6.45, 7) is -0.408. The van der Waals surface area contributed by atoms with Crippen molar-refractivity contribution in [2.45, 2.75) is 18.7 Å². The highest BCUT2D eigenvalue weighted by Crippen LogP contribution is 2.33. The van der Waals surface area contributed by atoms with Crippen LogP contribution < -0.4 is 15.4 Å². The summed E-state index contributed by atoms with van der Waals surface area (Å²) < 4.78 is 43.6. The summed E-state index contributed by atoms with van der Waals surface area (Å²) in [6, 6.07) is 9.08. The van der Waals surface area contributed by atoms with E-state index in [0.717, 1.165) is 16.9 Å². The van der Waals surface area contributed by atoms with Gasteiger partial charge in [-0.1, -0.05) is 17.4 Å². The first-order chi connectivity index (χ1) is 15.6. The van der Waals surface area contributed by atoms with E-state index in [1.165, 1.54) is 18.2 Å². The molecule has 4 aromatic rings. The van der Waals surface area contributed by atoms with Crippen molar-refractivity contribution in [3.05, 3.63) is 42.0 Å². The second kappa shape index (κ2) is 9.11. The zero-order chi connectivity index (χ0) is 23.8. The molecule has 176 valence electrons. The molecular weight excluding hydrogens is 463 g/mol. The Bertz CT molecular complexity index is 1280. The minimum atomic E-state index is -4.77. The number of ether oxygens (including phenoxy) is 1. The van der Waals surface area contributed by atoms with E-state index < -0.39 is 25.3 Å². The lowest BCUT2D eigenvalue weighted by Gasteiger charge is -2.15. The van der Waals surface area contributed by atoms with Gasteiger partial charge in [0.1, 0.15) is 12.0 Å². The number of nitrogens with zero attached hydrogens (tertiary/aromatic N) is 3. The van der Waals surface area contributed by atoms with Crippen LogP contribution in [0.1, 0.15) is 11.8 Å². The van der Waals surface area contributed by atoms with Crippen LogP contribution >= 0.6 is 11.3 Å². The SMILES string of the molecule is Cn1c(Nc2nc3ccc(OC(F)(F)F)cc3s2)nc2cc(C(O)NC[C@@H](O)CO)ccc21. The number of aliphatic hydroxyl groups is 3. The van der Waals surface area contributed by atoms with Gasteiger partial charge in [-0.2, -0.15) is 0 Å². The minimum absolute atomic E-state index is 0.0120. The normalized spacial score (nSPS) is 14.0. The Morgan fingerprint density at radius 3 is 2.64 bits per heavy atom. The van der Waals surface area contributed by atoms with E-state index >= 15 is 0 Å². The number of aliphatic hydroxyl groups excluding tert-OH is 3. The number of thiazole rings is 1. The molecule has 0 amide bonds. The van der Waals surface area contributed by atoms with Crippen LogP contribution in [0.15, 0.2) is 36.4 Å². The number of nitrogens with one attached hydrogen (secondary N) is 2. The van der Waals surface area contributed by atoms with E-state index in [1.807, 2.05) is 0 Å². The lowest BCUT2D eigenvalue weighted by molar-refractivity contribution is -0.274. The number of alkyl halides is 3. The molecule has 0 radical (unpaired) electrons. The molecule has 0 saturated carbocycles. The van der Waals surface area contributed by atoms with E-state index in [4.69, 9.17) is 5.11 Å². The summed E-state index contributed by atoms with van der Waals surface area (Å²) in [4.78, 5) is 8.89. The molecule has 2 atom stereocenters. The number of anilines is 2. The summed E-state index contributed by atoms with van der Waals surface area (Å²) in [5, 5.41) is 34.8. The van der Waals surface area contributed by atoms with Crippen molar-refractivity contribution >= 4 is 43.7 Å². The Balaban J connectivity index is 1.54. The van der Waals surface area contributed by atoms with Crippen LogP contribution in [0.4, 0.5) is 24.3 Å². The summed E-state index contributed by atoms with van der Waals surface area (Å²) in [6.07, 6.45) is -6.82. The number of hydrogen-bond donors (Lipinski definition) is 5. The topological polar surface area (TPSA) is 125 Å². The van der Waals surface area contributed by atoms with Gasteiger partial charge in [-0.25, -0.2) is 9.97 Å². The Kier molecular flexibility index (Phi) is 6.41. The number of aromatic nitrogens is 3. The third-order valence-corrected chi connectivity index (χ3v) is 5.72. The standard InChI is InChI=1S/C20H20F3N5O4S/c1-28-15-5-2-10(17(31)24-8-11(30)9-29)6-14(15)25-18(28)27-19-26-13-4-3-12(7-16(13)33-19)32-20(21,22)23/h2-7,11,17,24,29-31H,8-9H2,1H3,(H,25,26,27)/t11-,17?/m1/s1. The summed E-state index contributed by atoms with van der Waals surface area (Å²) >= 11 is 1.15. The van der Waals surface area contributed by atoms with Gasteiger partial charge in [0.25, 0.3) is 0 Å².